The number of hydrogen-bond donors (Lipinski definition) is 2. The van der Waals surface area contributed by atoms with Gasteiger partial charge in [-0.3, -0.25) is 14.6 Å². The SMILES string of the molecule is C1CNC1.COc1ccc(C)c(C(=O)NC2(c3cc(-c4cnc(C(C)=O)o4)cc4ncccc34)CC2)c1. The van der Waals surface area contributed by atoms with E-state index in [0.717, 1.165) is 40.4 Å². The lowest BCUT2D eigenvalue weighted by Gasteiger charge is -2.21. The number of methoxy groups -OCH3 is 1. The monoisotopic (exact) mass is 498 g/mol. The van der Waals surface area contributed by atoms with Crippen LogP contribution >= 0.6 is 0 Å². The van der Waals surface area contributed by atoms with Crippen molar-refractivity contribution in [3.05, 3.63) is 77.4 Å². The summed E-state index contributed by atoms with van der Waals surface area (Å²) >= 11 is 0. The summed E-state index contributed by atoms with van der Waals surface area (Å²) in [6.45, 7) is 5.82. The van der Waals surface area contributed by atoms with Gasteiger partial charge in [-0.2, -0.15) is 0 Å². The maximum absolute atomic E-state index is 13.3. The summed E-state index contributed by atoms with van der Waals surface area (Å²) in [5, 5.41) is 7.34. The molecule has 4 aromatic rings. The fourth-order valence-corrected chi connectivity index (χ4v) is 4.31. The summed E-state index contributed by atoms with van der Waals surface area (Å²) in [5.74, 6) is 0.805. The van der Waals surface area contributed by atoms with Gasteiger partial charge in [0.15, 0.2) is 5.76 Å². The van der Waals surface area contributed by atoms with E-state index in [1.807, 2.05) is 43.3 Å². The summed E-state index contributed by atoms with van der Waals surface area (Å²) in [4.78, 5) is 33.5. The first-order valence-electron chi connectivity index (χ1n) is 12.4. The molecule has 2 aromatic carbocycles. The number of oxazole rings is 1. The number of ether oxygens (including phenoxy) is 1. The molecule has 0 spiro atoms. The topological polar surface area (TPSA) is 106 Å². The Labute approximate surface area is 215 Å². The zero-order valence-electron chi connectivity index (χ0n) is 21.3. The van der Waals surface area contributed by atoms with Crippen molar-refractivity contribution in [2.24, 2.45) is 0 Å². The van der Waals surface area contributed by atoms with E-state index < -0.39 is 5.54 Å². The Morgan fingerprint density at radius 2 is 1.86 bits per heavy atom. The molecule has 0 atom stereocenters. The van der Waals surface area contributed by atoms with Gasteiger partial charge in [0, 0.05) is 29.6 Å². The molecule has 0 unspecified atom stereocenters. The lowest BCUT2D eigenvalue weighted by atomic mass is 9.95. The predicted molar refractivity (Wildman–Crippen MR) is 141 cm³/mol. The Bertz CT molecular complexity index is 1460. The van der Waals surface area contributed by atoms with E-state index in [4.69, 9.17) is 9.15 Å². The summed E-state index contributed by atoms with van der Waals surface area (Å²) in [6, 6.07) is 13.3. The maximum atomic E-state index is 13.3. The van der Waals surface area contributed by atoms with Crippen LogP contribution in [-0.4, -0.2) is 41.9 Å². The standard InChI is InChI=1S/C26H23N3O4.C3H7N/c1-15-6-7-18(32-3)13-20(15)24(31)29-26(8-9-26)21-11-17(12-22-19(21)5-4-10-27-22)23-14-28-25(33-23)16(2)30;1-2-4-3-1/h4-7,10-14H,8-9H2,1-3H3,(H,29,31);4H,1-3H2. The first-order valence-corrected chi connectivity index (χ1v) is 12.4. The number of amides is 1. The number of Topliss-reactive ketones (excluding diaryl/α,β-unsaturated/α-hetero) is 1. The Hall–Kier alpha value is -4.04. The molecule has 0 radical (unpaired) electrons. The lowest BCUT2D eigenvalue weighted by molar-refractivity contribution is 0.0929. The summed E-state index contributed by atoms with van der Waals surface area (Å²) < 4.78 is 11.0. The number of pyridine rings is 1. The third-order valence-electron chi connectivity index (χ3n) is 6.83. The largest absolute Gasteiger partial charge is 0.497 e. The summed E-state index contributed by atoms with van der Waals surface area (Å²) in [6.07, 6.45) is 6.28. The third-order valence-corrected chi connectivity index (χ3v) is 6.83. The number of aromatic nitrogens is 2. The van der Waals surface area contributed by atoms with Crippen LogP contribution in [0.15, 0.2) is 59.3 Å². The van der Waals surface area contributed by atoms with Crippen LogP contribution in [0.3, 0.4) is 0 Å². The molecule has 2 aliphatic rings. The van der Waals surface area contributed by atoms with Crippen molar-refractivity contribution in [2.45, 2.75) is 38.6 Å². The Morgan fingerprint density at radius 1 is 1.11 bits per heavy atom. The molecule has 1 aliphatic carbocycles. The highest BCUT2D eigenvalue weighted by Gasteiger charge is 2.47. The van der Waals surface area contributed by atoms with Crippen LogP contribution in [0.2, 0.25) is 0 Å². The first kappa shape index (κ1) is 24.6. The number of carbonyl (C=O) groups is 2. The second-order valence-corrected chi connectivity index (χ2v) is 9.50. The number of benzene rings is 2. The van der Waals surface area contributed by atoms with Gasteiger partial charge in [-0.1, -0.05) is 12.1 Å². The Morgan fingerprint density at radius 3 is 2.49 bits per heavy atom. The summed E-state index contributed by atoms with van der Waals surface area (Å²) in [5.41, 5.74) is 3.46. The molecule has 8 heteroatoms. The minimum absolute atomic E-state index is 0.0654. The summed E-state index contributed by atoms with van der Waals surface area (Å²) in [7, 11) is 1.58. The molecule has 6 rings (SSSR count). The molecule has 2 N–H and O–H groups in total. The van der Waals surface area contributed by atoms with Crippen LogP contribution in [0.5, 0.6) is 5.75 Å². The Balaban J connectivity index is 0.000000640. The lowest BCUT2D eigenvalue weighted by Crippen LogP contribution is -2.35. The molecular formula is C29H30N4O4. The normalized spacial score (nSPS) is 15.2. The molecule has 0 bridgehead atoms. The number of hydrogen-bond acceptors (Lipinski definition) is 7. The molecule has 2 fully saturated rings. The second kappa shape index (κ2) is 10.1. The quantitative estimate of drug-likeness (QED) is 0.368. The second-order valence-electron chi connectivity index (χ2n) is 9.50. The number of carbonyl (C=O) groups excluding carboxylic acids is 2. The average Bonchev–Trinajstić information content (AvgIpc) is 3.45. The van der Waals surface area contributed by atoms with Gasteiger partial charge in [0.2, 0.25) is 5.78 Å². The minimum Gasteiger partial charge on any atom is -0.497 e. The first-order chi connectivity index (χ1) is 17.9. The number of ketones is 1. The Kier molecular flexibility index (Phi) is 6.76. The van der Waals surface area contributed by atoms with Crippen LogP contribution in [0.4, 0.5) is 0 Å². The molecule has 1 saturated heterocycles. The van der Waals surface area contributed by atoms with Crippen molar-refractivity contribution in [2.75, 3.05) is 20.2 Å². The zero-order chi connectivity index (χ0) is 26.0. The van der Waals surface area contributed by atoms with Crippen LogP contribution in [0, 0.1) is 6.92 Å². The van der Waals surface area contributed by atoms with E-state index in [1.165, 1.54) is 26.4 Å². The van der Waals surface area contributed by atoms with E-state index in [1.54, 1.807) is 25.6 Å². The molecular weight excluding hydrogens is 468 g/mol. The van der Waals surface area contributed by atoms with Crippen molar-refractivity contribution in [3.63, 3.8) is 0 Å². The molecule has 8 nitrogen and oxygen atoms in total. The fraction of sp³-hybridized carbons (Fsp3) is 0.310. The van der Waals surface area contributed by atoms with Crippen LogP contribution in [-0.2, 0) is 5.54 Å². The highest BCUT2D eigenvalue weighted by Crippen LogP contribution is 2.49. The van der Waals surface area contributed by atoms with Crippen LogP contribution < -0.4 is 15.4 Å². The third kappa shape index (κ3) is 5.11. The molecule has 190 valence electrons. The number of nitrogens with one attached hydrogen (secondary N) is 2. The van der Waals surface area contributed by atoms with E-state index in [9.17, 15) is 9.59 Å². The number of nitrogens with zero attached hydrogens (tertiary/aromatic N) is 2. The van der Waals surface area contributed by atoms with Gasteiger partial charge in [-0.05, 0) is 80.7 Å². The molecule has 3 heterocycles. The van der Waals surface area contributed by atoms with Crippen LogP contribution in [0.25, 0.3) is 22.2 Å². The van der Waals surface area contributed by atoms with E-state index in [2.05, 4.69) is 20.6 Å². The van der Waals surface area contributed by atoms with Gasteiger partial charge in [0.05, 0.1) is 24.4 Å². The van der Waals surface area contributed by atoms with E-state index in [-0.39, 0.29) is 17.6 Å². The zero-order valence-corrected chi connectivity index (χ0v) is 21.3. The average molecular weight is 499 g/mol. The molecule has 1 aliphatic heterocycles. The van der Waals surface area contributed by atoms with Crippen molar-refractivity contribution < 1.29 is 18.7 Å². The van der Waals surface area contributed by atoms with Gasteiger partial charge in [0.1, 0.15) is 5.75 Å². The molecule has 1 saturated carbocycles. The molecule has 1 amide bonds. The van der Waals surface area contributed by atoms with E-state index in [0.29, 0.717) is 17.1 Å². The van der Waals surface area contributed by atoms with Gasteiger partial charge < -0.3 is 19.8 Å². The number of fused-ring (bicyclic) bond motifs is 1. The fourth-order valence-electron chi connectivity index (χ4n) is 4.31. The van der Waals surface area contributed by atoms with Crippen LogP contribution in [0.1, 0.15) is 58.4 Å². The smallest absolute Gasteiger partial charge is 0.263 e. The van der Waals surface area contributed by atoms with Gasteiger partial charge in [-0.25, -0.2) is 4.98 Å². The number of aryl methyl sites for hydroxylation is 1. The predicted octanol–water partition coefficient (Wildman–Crippen LogP) is 4.81. The molecule has 37 heavy (non-hydrogen) atoms. The van der Waals surface area contributed by atoms with Crippen molar-refractivity contribution in [3.8, 4) is 17.1 Å². The van der Waals surface area contributed by atoms with Crippen molar-refractivity contribution in [1.29, 1.82) is 0 Å². The van der Waals surface area contributed by atoms with Gasteiger partial charge >= 0.3 is 0 Å². The highest BCUT2D eigenvalue weighted by atomic mass is 16.5. The van der Waals surface area contributed by atoms with Gasteiger partial charge in [-0.15, -0.1) is 0 Å². The maximum Gasteiger partial charge on any atom is 0.263 e. The van der Waals surface area contributed by atoms with Gasteiger partial charge in [0.25, 0.3) is 11.8 Å². The molecule has 2 aromatic heterocycles. The highest BCUT2D eigenvalue weighted by molar-refractivity contribution is 5.98. The van der Waals surface area contributed by atoms with Crippen molar-refractivity contribution >= 4 is 22.6 Å². The minimum atomic E-state index is -0.507. The van der Waals surface area contributed by atoms with E-state index >= 15 is 0 Å². The van der Waals surface area contributed by atoms with Crippen molar-refractivity contribution in [1.82, 2.24) is 20.6 Å². The number of rotatable bonds is 6.